The van der Waals surface area contributed by atoms with Crippen molar-refractivity contribution in [1.29, 1.82) is 0 Å². The van der Waals surface area contributed by atoms with Crippen LogP contribution >= 0.6 is 0 Å². The Morgan fingerprint density at radius 2 is 1.27 bits per heavy atom. The van der Waals surface area contributed by atoms with Crippen LogP contribution in [0.4, 0.5) is 5.69 Å². The van der Waals surface area contributed by atoms with E-state index in [2.05, 4.69) is 30.9 Å². The summed E-state index contributed by atoms with van der Waals surface area (Å²) in [4.78, 5) is 2.08. The fourth-order valence-corrected chi connectivity index (χ4v) is 4.01. The molecule has 1 aliphatic rings. The molecule has 0 atom stereocenters. The Balaban J connectivity index is 2.06. The summed E-state index contributed by atoms with van der Waals surface area (Å²) >= 11 is 0. The highest BCUT2D eigenvalue weighted by atomic mass is 16.5. The second-order valence-electron chi connectivity index (χ2n) is 7.15. The first-order valence-electron chi connectivity index (χ1n) is 8.81. The van der Waals surface area contributed by atoms with Crippen LogP contribution in [-0.2, 0) is 5.60 Å². The average Bonchev–Trinajstić information content (AvgIpc) is 2.61. The number of aliphatic hydroxyl groups is 1. The predicted octanol–water partition coefficient (Wildman–Crippen LogP) is 4.76. The van der Waals surface area contributed by atoms with Crippen LogP contribution in [0.15, 0.2) is 60.7 Å². The molecule has 0 fully saturated rings. The van der Waals surface area contributed by atoms with Crippen molar-refractivity contribution >= 4 is 5.69 Å². The van der Waals surface area contributed by atoms with E-state index in [1.165, 1.54) is 0 Å². The van der Waals surface area contributed by atoms with E-state index < -0.39 is 5.60 Å². The number of hydrogen-bond acceptors (Lipinski definition) is 3. The number of anilines is 1. The Bertz CT molecular complexity index is 922. The summed E-state index contributed by atoms with van der Waals surface area (Å²) in [5.74, 6) is 1.40. The number of para-hydroxylation sites is 2. The highest BCUT2D eigenvalue weighted by Crippen LogP contribution is 2.51. The van der Waals surface area contributed by atoms with Gasteiger partial charge in [-0.15, -0.1) is 0 Å². The Morgan fingerprint density at radius 3 is 1.73 bits per heavy atom. The summed E-state index contributed by atoms with van der Waals surface area (Å²) in [6.45, 7) is 4.13. The Labute approximate surface area is 154 Å². The third-order valence-corrected chi connectivity index (χ3v) is 5.17. The molecule has 0 amide bonds. The lowest BCUT2D eigenvalue weighted by molar-refractivity contribution is 0.111. The lowest BCUT2D eigenvalue weighted by Gasteiger charge is -2.38. The summed E-state index contributed by atoms with van der Waals surface area (Å²) in [5, 5.41) is 12.1. The van der Waals surface area contributed by atoms with Gasteiger partial charge >= 0.3 is 0 Å². The van der Waals surface area contributed by atoms with Gasteiger partial charge in [0.1, 0.15) is 17.1 Å². The molecule has 4 rings (SSSR count). The molecule has 0 saturated carbocycles. The highest BCUT2D eigenvalue weighted by Gasteiger charge is 2.43. The van der Waals surface area contributed by atoms with Gasteiger partial charge in [0.25, 0.3) is 0 Å². The quantitative estimate of drug-likeness (QED) is 0.727. The topological polar surface area (TPSA) is 32.7 Å². The van der Waals surface area contributed by atoms with Crippen LogP contribution in [0.1, 0.15) is 27.8 Å². The number of ether oxygens (including phenoxy) is 1. The molecular weight excluding hydrogens is 322 g/mol. The van der Waals surface area contributed by atoms with Gasteiger partial charge in [0, 0.05) is 30.9 Å². The number of rotatable bonds is 2. The molecule has 0 unspecified atom stereocenters. The van der Waals surface area contributed by atoms with E-state index in [0.717, 1.165) is 33.5 Å². The van der Waals surface area contributed by atoms with Crippen LogP contribution in [0.25, 0.3) is 0 Å². The van der Waals surface area contributed by atoms with Gasteiger partial charge in [-0.1, -0.05) is 36.4 Å². The summed E-state index contributed by atoms with van der Waals surface area (Å²) in [6.07, 6.45) is 0. The Kier molecular flexibility index (Phi) is 3.78. The maximum Gasteiger partial charge on any atom is 0.148 e. The number of hydrogen-bond donors (Lipinski definition) is 1. The first-order valence-corrected chi connectivity index (χ1v) is 8.81. The number of aryl methyl sites for hydroxylation is 2. The van der Waals surface area contributed by atoms with E-state index >= 15 is 0 Å². The fraction of sp³-hybridized carbons (Fsp3) is 0.217. The van der Waals surface area contributed by atoms with E-state index in [0.29, 0.717) is 11.5 Å². The van der Waals surface area contributed by atoms with Gasteiger partial charge in [0.15, 0.2) is 0 Å². The Hall–Kier alpha value is -2.78. The molecule has 3 nitrogen and oxygen atoms in total. The lowest BCUT2D eigenvalue weighted by atomic mass is 9.75. The van der Waals surface area contributed by atoms with Crippen LogP contribution in [0.3, 0.4) is 0 Å². The number of fused-ring (bicyclic) bond motifs is 2. The molecule has 0 spiro atoms. The van der Waals surface area contributed by atoms with E-state index in [4.69, 9.17) is 4.74 Å². The third kappa shape index (κ3) is 2.31. The molecule has 0 bridgehead atoms. The van der Waals surface area contributed by atoms with Crippen molar-refractivity contribution in [3.05, 3.63) is 88.5 Å². The van der Waals surface area contributed by atoms with Crippen LogP contribution < -0.4 is 9.64 Å². The molecule has 3 heteroatoms. The van der Waals surface area contributed by atoms with E-state index in [9.17, 15) is 5.11 Å². The monoisotopic (exact) mass is 345 g/mol. The van der Waals surface area contributed by atoms with Crippen LogP contribution in [0.5, 0.6) is 11.5 Å². The Morgan fingerprint density at radius 1 is 0.808 bits per heavy atom. The minimum Gasteiger partial charge on any atom is -0.457 e. The standard InChI is InChI=1S/C23H23NO2/c1-15-13-17(24(3)4)14-16(2)22(15)23(25)18-9-5-7-11-20(18)26-21-12-8-6-10-19(21)23/h5-14,25H,1-4H3. The summed E-state index contributed by atoms with van der Waals surface area (Å²) in [5.41, 5.74) is 4.48. The largest absolute Gasteiger partial charge is 0.457 e. The summed E-state index contributed by atoms with van der Waals surface area (Å²) in [6, 6.07) is 19.7. The van der Waals surface area contributed by atoms with Gasteiger partial charge in [-0.05, 0) is 54.8 Å². The van der Waals surface area contributed by atoms with E-state index in [1.807, 2.05) is 62.6 Å². The third-order valence-electron chi connectivity index (χ3n) is 5.17. The van der Waals surface area contributed by atoms with Crippen molar-refractivity contribution in [3.8, 4) is 11.5 Å². The number of benzene rings is 3. The van der Waals surface area contributed by atoms with Gasteiger partial charge < -0.3 is 14.7 Å². The van der Waals surface area contributed by atoms with Gasteiger partial charge in [0.2, 0.25) is 0 Å². The van der Waals surface area contributed by atoms with Gasteiger partial charge in [-0.3, -0.25) is 0 Å². The predicted molar refractivity (Wildman–Crippen MR) is 105 cm³/mol. The molecule has 3 aromatic rings. The minimum absolute atomic E-state index is 0.698. The molecular formula is C23H23NO2. The SMILES string of the molecule is Cc1cc(N(C)C)cc(C)c1C1(O)c2ccccc2Oc2ccccc21. The second kappa shape index (κ2) is 5.89. The van der Waals surface area contributed by atoms with Crippen molar-refractivity contribution in [3.63, 3.8) is 0 Å². The molecule has 0 radical (unpaired) electrons. The van der Waals surface area contributed by atoms with E-state index in [1.54, 1.807) is 0 Å². The van der Waals surface area contributed by atoms with Crippen molar-refractivity contribution in [2.45, 2.75) is 19.4 Å². The molecule has 3 aromatic carbocycles. The zero-order valence-electron chi connectivity index (χ0n) is 15.6. The van der Waals surface area contributed by atoms with Gasteiger partial charge in [0.05, 0.1) is 0 Å². The molecule has 0 aromatic heterocycles. The fourth-order valence-electron chi connectivity index (χ4n) is 4.01. The maximum absolute atomic E-state index is 12.1. The zero-order chi connectivity index (χ0) is 18.5. The molecule has 26 heavy (non-hydrogen) atoms. The molecule has 1 aliphatic heterocycles. The minimum atomic E-state index is -1.25. The summed E-state index contributed by atoms with van der Waals surface area (Å²) < 4.78 is 6.07. The average molecular weight is 345 g/mol. The first kappa shape index (κ1) is 16.7. The maximum atomic E-state index is 12.1. The zero-order valence-corrected chi connectivity index (χ0v) is 15.6. The lowest BCUT2D eigenvalue weighted by Crippen LogP contribution is -2.34. The second-order valence-corrected chi connectivity index (χ2v) is 7.15. The molecule has 132 valence electrons. The smallest absolute Gasteiger partial charge is 0.148 e. The van der Waals surface area contributed by atoms with Crippen molar-refractivity contribution in [2.75, 3.05) is 19.0 Å². The molecule has 0 saturated heterocycles. The highest BCUT2D eigenvalue weighted by molar-refractivity contribution is 5.65. The van der Waals surface area contributed by atoms with Crippen LogP contribution in [-0.4, -0.2) is 19.2 Å². The normalized spacial score (nSPS) is 14.2. The summed E-state index contributed by atoms with van der Waals surface area (Å²) in [7, 11) is 4.06. The van der Waals surface area contributed by atoms with E-state index in [-0.39, 0.29) is 0 Å². The van der Waals surface area contributed by atoms with Crippen LogP contribution in [0, 0.1) is 13.8 Å². The van der Waals surface area contributed by atoms with Crippen molar-refractivity contribution in [1.82, 2.24) is 0 Å². The number of nitrogens with zero attached hydrogens (tertiary/aromatic N) is 1. The van der Waals surface area contributed by atoms with Crippen molar-refractivity contribution < 1.29 is 9.84 Å². The van der Waals surface area contributed by atoms with Gasteiger partial charge in [-0.2, -0.15) is 0 Å². The molecule has 0 aliphatic carbocycles. The van der Waals surface area contributed by atoms with Crippen molar-refractivity contribution in [2.24, 2.45) is 0 Å². The molecule has 1 N–H and O–H groups in total. The first-order chi connectivity index (χ1) is 12.4. The molecule has 1 heterocycles. The van der Waals surface area contributed by atoms with Crippen LogP contribution in [0.2, 0.25) is 0 Å². The van der Waals surface area contributed by atoms with Gasteiger partial charge in [-0.25, -0.2) is 0 Å².